The Morgan fingerprint density at radius 3 is 2.02 bits per heavy atom. The van der Waals surface area contributed by atoms with Gasteiger partial charge in [-0.15, -0.1) is 0 Å². The predicted molar refractivity (Wildman–Crippen MR) is 203 cm³/mol. The summed E-state index contributed by atoms with van der Waals surface area (Å²) in [7, 11) is 0. The van der Waals surface area contributed by atoms with Crippen molar-refractivity contribution in [2.45, 2.75) is 113 Å². The standard InChI is InChI=1S/C32H35N3O6.4C2H6/c1-31(2)12-14-35-15-13-32(3,4)24-25(35)22(31)17-20-16-21(30(40)41-26(20)24)28(37)34-23(29(38)39)18-33-27(36)19-10-8-6-5-7-9-11-19;4*1-2/h5-11,16-17,23H,12-15,18H2,1-4H3,(H,33,36)(H,34,37)(H,38,39);4*1-2H3/b6-5-,7-5?,8-6?,9-7-,10-8-,11-9?,19-10?,19-11+;;;;. The van der Waals surface area contributed by atoms with Crippen LogP contribution >= 0.6 is 0 Å². The minimum absolute atomic E-state index is 0.111. The molecular weight excluding hydrogens is 618 g/mol. The summed E-state index contributed by atoms with van der Waals surface area (Å²) in [6.45, 7) is 26.1. The van der Waals surface area contributed by atoms with Gasteiger partial charge in [0.05, 0.1) is 0 Å². The van der Waals surface area contributed by atoms with E-state index in [1.807, 2.05) is 67.5 Å². The maximum atomic E-state index is 13.2. The van der Waals surface area contributed by atoms with Gasteiger partial charge in [0, 0.05) is 41.8 Å². The average molecular weight is 678 g/mol. The quantitative estimate of drug-likeness (QED) is 0.265. The molecule has 0 radical (unpaired) electrons. The number of nitrogens with one attached hydrogen (secondary N) is 2. The minimum Gasteiger partial charge on any atom is -0.480 e. The normalized spacial score (nSPS) is 19.4. The Kier molecular flexibility index (Phi) is 17.0. The van der Waals surface area contributed by atoms with Crippen LogP contribution in [-0.4, -0.2) is 48.6 Å². The van der Waals surface area contributed by atoms with E-state index in [4.69, 9.17) is 4.42 Å². The molecule has 0 saturated carbocycles. The minimum atomic E-state index is -1.47. The first kappa shape index (κ1) is 42.6. The molecule has 9 heteroatoms. The highest BCUT2D eigenvalue weighted by molar-refractivity contribution is 6.01. The van der Waals surface area contributed by atoms with Gasteiger partial charge in [-0.3, -0.25) is 9.59 Å². The number of carbonyl (C=O) groups excluding carboxylic acids is 2. The van der Waals surface area contributed by atoms with Gasteiger partial charge in [-0.25, -0.2) is 9.59 Å². The molecular formula is C40H59N3O6. The zero-order valence-corrected chi connectivity index (χ0v) is 31.7. The van der Waals surface area contributed by atoms with Crippen molar-refractivity contribution in [1.29, 1.82) is 0 Å². The number of amides is 2. The fourth-order valence-electron chi connectivity index (χ4n) is 5.76. The molecule has 5 rings (SSSR count). The fourth-order valence-corrected chi connectivity index (χ4v) is 5.76. The molecule has 1 unspecified atom stereocenters. The van der Waals surface area contributed by atoms with Gasteiger partial charge in [-0.1, -0.05) is 113 Å². The van der Waals surface area contributed by atoms with E-state index < -0.39 is 29.5 Å². The van der Waals surface area contributed by atoms with E-state index in [2.05, 4.69) is 43.2 Å². The first-order valence-electron chi connectivity index (χ1n) is 17.8. The third-order valence-corrected chi connectivity index (χ3v) is 8.30. The van der Waals surface area contributed by atoms with E-state index in [-0.39, 0.29) is 22.9 Å². The number of carbonyl (C=O) groups is 3. The van der Waals surface area contributed by atoms with Crippen LogP contribution in [0.2, 0.25) is 0 Å². The number of carboxylic acid groups (broad SMARTS) is 1. The second-order valence-corrected chi connectivity index (χ2v) is 12.1. The largest absolute Gasteiger partial charge is 0.480 e. The number of rotatable bonds is 6. The second-order valence-electron chi connectivity index (χ2n) is 12.1. The highest BCUT2D eigenvalue weighted by Crippen LogP contribution is 2.51. The Labute approximate surface area is 293 Å². The van der Waals surface area contributed by atoms with Gasteiger partial charge >= 0.3 is 11.6 Å². The summed E-state index contributed by atoms with van der Waals surface area (Å²) in [6.07, 6.45) is 13.8. The molecule has 0 spiro atoms. The zero-order chi connectivity index (χ0) is 37.5. The summed E-state index contributed by atoms with van der Waals surface area (Å²) >= 11 is 0. The van der Waals surface area contributed by atoms with Crippen LogP contribution in [0, 0.1) is 0 Å². The van der Waals surface area contributed by atoms with E-state index in [0.29, 0.717) is 16.5 Å². The van der Waals surface area contributed by atoms with E-state index >= 15 is 0 Å². The number of anilines is 1. The molecule has 1 aromatic heterocycles. The van der Waals surface area contributed by atoms with Crippen molar-refractivity contribution in [1.82, 2.24) is 10.6 Å². The second kappa shape index (κ2) is 19.6. The summed E-state index contributed by atoms with van der Waals surface area (Å²) < 4.78 is 5.84. The Bertz CT molecular complexity index is 1620. The predicted octanol–water partition coefficient (Wildman–Crippen LogP) is 7.97. The lowest BCUT2D eigenvalue weighted by Gasteiger charge is -2.48. The van der Waals surface area contributed by atoms with Crippen LogP contribution in [0.3, 0.4) is 0 Å². The summed E-state index contributed by atoms with van der Waals surface area (Å²) in [5.74, 6) is -2.73. The maximum absolute atomic E-state index is 13.2. The summed E-state index contributed by atoms with van der Waals surface area (Å²) in [4.78, 5) is 53.3. The molecule has 1 aromatic carbocycles. The van der Waals surface area contributed by atoms with Gasteiger partial charge in [0.25, 0.3) is 11.8 Å². The topological polar surface area (TPSA) is 129 Å². The van der Waals surface area contributed by atoms with Crippen LogP contribution < -0.4 is 21.2 Å². The Morgan fingerprint density at radius 1 is 0.837 bits per heavy atom. The molecule has 270 valence electrons. The lowest BCUT2D eigenvalue weighted by atomic mass is 9.69. The molecule has 0 bridgehead atoms. The molecule has 1 atom stereocenters. The number of fused-ring (bicyclic) bond motifs is 2. The van der Waals surface area contributed by atoms with Crippen molar-refractivity contribution >= 4 is 34.4 Å². The van der Waals surface area contributed by atoms with E-state index in [9.17, 15) is 24.3 Å². The Hall–Kier alpha value is -4.40. The average Bonchev–Trinajstić information content (AvgIpc) is 3.08. The van der Waals surface area contributed by atoms with Gasteiger partial charge in [-0.05, 0) is 53.5 Å². The number of nitrogens with zero attached hydrogens (tertiary/aromatic N) is 1. The van der Waals surface area contributed by atoms with Crippen LogP contribution in [0.15, 0.2) is 69.4 Å². The van der Waals surface area contributed by atoms with Crippen molar-refractivity contribution in [3.05, 3.63) is 87.3 Å². The number of benzene rings is 1. The molecule has 1 aliphatic carbocycles. The number of aliphatic carboxylic acids is 1. The molecule has 3 N–H and O–H groups in total. The lowest BCUT2D eigenvalue weighted by molar-refractivity contribution is -0.139. The highest BCUT2D eigenvalue weighted by Gasteiger charge is 2.42. The van der Waals surface area contributed by atoms with E-state index in [1.165, 1.54) is 6.07 Å². The molecule has 2 aromatic rings. The zero-order valence-electron chi connectivity index (χ0n) is 31.7. The number of hydrogen-bond donors (Lipinski definition) is 3. The number of allylic oxidation sites excluding steroid dienone is 6. The number of carboxylic acids is 1. The molecule has 0 saturated heterocycles. The van der Waals surface area contributed by atoms with Crippen LogP contribution in [0.4, 0.5) is 5.69 Å². The van der Waals surface area contributed by atoms with Crippen LogP contribution in [-0.2, 0) is 20.4 Å². The number of hydrogen-bond acceptors (Lipinski definition) is 6. The van der Waals surface area contributed by atoms with Crippen molar-refractivity contribution in [2.24, 2.45) is 0 Å². The summed E-state index contributed by atoms with van der Waals surface area (Å²) in [6, 6.07) is 2.02. The molecule has 49 heavy (non-hydrogen) atoms. The molecule has 3 heterocycles. The third-order valence-electron chi connectivity index (χ3n) is 8.30. The van der Waals surface area contributed by atoms with Crippen molar-refractivity contribution in [3.8, 4) is 0 Å². The van der Waals surface area contributed by atoms with Gasteiger partial charge < -0.3 is 25.1 Å². The fraction of sp³-hybridized carbons (Fsp3) is 0.500. The van der Waals surface area contributed by atoms with Gasteiger partial charge in [-0.2, -0.15) is 0 Å². The van der Waals surface area contributed by atoms with Gasteiger partial charge in [0.2, 0.25) is 0 Å². The molecule has 3 aliphatic rings. The van der Waals surface area contributed by atoms with Crippen LogP contribution in [0.5, 0.6) is 0 Å². The van der Waals surface area contributed by atoms with Crippen molar-refractivity contribution in [2.75, 3.05) is 24.5 Å². The Balaban J connectivity index is 0.00000140. The summed E-state index contributed by atoms with van der Waals surface area (Å²) in [5.41, 5.74) is 2.55. The molecule has 9 nitrogen and oxygen atoms in total. The molecule has 0 fully saturated rings. The Morgan fingerprint density at radius 2 is 1.41 bits per heavy atom. The van der Waals surface area contributed by atoms with Crippen molar-refractivity contribution < 1.29 is 23.9 Å². The van der Waals surface area contributed by atoms with Crippen LogP contribution in [0.1, 0.15) is 117 Å². The van der Waals surface area contributed by atoms with Gasteiger partial charge in [0.15, 0.2) is 0 Å². The van der Waals surface area contributed by atoms with Gasteiger partial charge in [0.1, 0.15) is 17.2 Å². The highest BCUT2D eigenvalue weighted by atomic mass is 16.4. The third kappa shape index (κ3) is 10.1. The van der Waals surface area contributed by atoms with E-state index in [0.717, 1.165) is 42.7 Å². The monoisotopic (exact) mass is 677 g/mol. The smallest absolute Gasteiger partial charge is 0.349 e. The van der Waals surface area contributed by atoms with Crippen molar-refractivity contribution in [3.63, 3.8) is 0 Å². The van der Waals surface area contributed by atoms with Crippen LogP contribution in [0.25, 0.3) is 11.0 Å². The van der Waals surface area contributed by atoms with E-state index in [1.54, 1.807) is 36.5 Å². The molecule has 2 amide bonds. The SMILES string of the molecule is CC.CC.CC.CC.CC1(C)CCN2CCC(C)(C)c3c2c1cc1cc(C(=O)NC(CNC(=O)C2=C/C=C\C=C/C=C\2)C(=O)O)c(=O)oc31. The first-order valence-corrected chi connectivity index (χ1v) is 17.8. The first-order chi connectivity index (χ1) is 23.4. The molecule has 2 aliphatic heterocycles. The summed E-state index contributed by atoms with van der Waals surface area (Å²) in [5, 5.41) is 15.3. The lowest BCUT2D eigenvalue weighted by Crippen LogP contribution is -2.49. The maximum Gasteiger partial charge on any atom is 0.349 e.